The lowest BCUT2D eigenvalue weighted by molar-refractivity contribution is -0.122. The fraction of sp³-hybridized carbons (Fsp3) is 0.121. The molecule has 0 aliphatic carbocycles. The van der Waals surface area contributed by atoms with Gasteiger partial charge in [0.25, 0.3) is 5.91 Å². The fourth-order valence-corrected chi connectivity index (χ4v) is 5.60. The van der Waals surface area contributed by atoms with Crippen molar-refractivity contribution in [3.8, 4) is 17.2 Å². The average molecular weight is 633 g/mol. The Morgan fingerprint density at radius 1 is 1.00 bits per heavy atom. The number of amides is 1. The summed E-state index contributed by atoms with van der Waals surface area (Å²) >= 11 is 7.78. The first-order chi connectivity index (χ1) is 21.2. The van der Waals surface area contributed by atoms with Crippen molar-refractivity contribution in [2.45, 2.75) is 13.2 Å². The molecule has 1 saturated heterocycles. The minimum atomic E-state index is -1.03. The number of amidine groups is 1. The van der Waals surface area contributed by atoms with Gasteiger partial charge in [0.2, 0.25) is 0 Å². The number of aromatic carboxylic acids is 1. The summed E-state index contributed by atoms with van der Waals surface area (Å²) in [4.78, 5) is 31.6. The van der Waals surface area contributed by atoms with E-state index in [0.717, 1.165) is 5.56 Å². The summed E-state index contributed by atoms with van der Waals surface area (Å²) in [6, 6.07) is 22.9. The number of nitrogens with zero attached hydrogens (tertiary/aromatic N) is 2. The number of hydrogen-bond acceptors (Lipinski definition) is 7. The summed E-state index contributed by atoms with van der Waals surface area (Å²) in [5.41, 5.74) is 2.73. The number of carbonyl (C=O) groups is 2. The van der Waals surface area contributed by atoms with E-state index in [-0.39, 0.29) is 35.5 Å². The molecule has 0 spiro atoms. The number of rotatable bonds is 10. The van der Waals surface area contributed by atoms with E-state index in [4.69, 9.17) is 30.8 Å². The zero-order valence-corrected chi connectivity index (χ0v) is 25.2. The van der Waals surface area contributed by atoms with Crippen LogP contribution in [0.15, 0.2) is 94.8 Å². The van der Waals surface area contributed by atoms with Crippen LogP contribution in [-0.4, -0.2) is 41.3 Å². The van der Waals surface area contributed by atoms with Crippen molar-refractivity contribution in [3.05, 3.63) is 123 Å². The maximum atomic E-state index is 13.7. The van der Waals surface area contributed by atoms with Gasteiger partial charge in [-0.05, 0) is 95.2 Å². The van der Waals surface area contributed by atoms with Crippen LogP contribution in [-0.2, 0) is 17.9 Å². The predicted molar refractivity (Wildman–Crippen MR) is 168 cm³/mol. The molecule has 1 N–H and O–H groups in total. The molecule has 4 aromatic carbocycles. The Bertz CT molecular complexity index is 1760. The van der Waals surface area contributed by atoms with E-state index in [9.17, 15) is 19.1 Å². The molecular formula is C33H26ClFN2O6S. The van der Waals surface area contributed by atoms with Crippen molar-refractivity contribution in [1.82, 2.24) is 4.90 Å². The second-order valence-electron chi connectivity index (χ2n) is 9.55. The van der Waals surface area contributed by atoms with Gasteiger partial charge in [0.05, 0.1) is 41.9 Å². The standard InChI is InChI=1S/C33H26ClFN2O6S/c1-41-26-12-10-25(11-13-26)36-33-37(18-20-6-8-23(9-7-20)32(39)40)31(38)29(44-33)17-22-15-27(34)30(28(16-22)42-2)43-19-21-4-3-5-24(35)14-21/h3-17H,18-19H2,1-2H3,(H,39,40)/b29-17-,36-33?. The van der Waals surface area contributed by atoms with Gasteiger partial charge in [0.15, 0.2) is 16.7 Å². The van der Waals surface area contributed by atoms with E-state index in [1.807, 2.05) is 0 Å². The van der Waals surface area contributed by atoms with Gasteiger partial charge in [0, 0.05) is 0 Å². The molecule has 1 fully saturated rings. The monoisotopic (exact) mass is 632 g/mol. The number of hydrogen-bond donors (Lipinski definition) is 1. The second kappa shape index (κ2) is 13.7. The number of ether oxygens (including phenoxy) is 3. The number of halogens is 2. The molecule has 1 aliphatic rings. The van der Waals surface area contributed by atoms with E-state index in [1.54, 1.807) is 73.8 Å². The van der Waals surface area contributed by atoms with Crippen LogP contribution in [0.5, 0.6) is 17.2 Å². The van der Waals surface area contributed by atoms with Gasteiger partial charge in [-0.1, -0.05) is 35.9 Å². The smallest absolute Gasteiger partial charge is 0.335 e. The molecule has 44 heavy (non-hydrogen) atoms. The van der Waals surface area contributed by atoms with E-state index in [1.165, 1.54) is 48.0 Å². The Labute approximate surface area is 262 Å². The maximum Gasteiger partial charge on any atom is 0.335 e. The van der Waals surface area contributed by atoms with E-state index in [0.29, 0.717) is 44.1 Å². The first-order valence-electron chi connectivity index (χ1n) is 13.2. The molecule has 1 aliphatic heterocycles. The molecule has 4 aromatic rings. The van der Waals surface area contributed by atoms with Crippen LogP contribution < -0.4 is 14.2 Å². The molecule has 0 aromatic heterocycles. The number of carboxylic acids is 1. The summed E-state index contributed by atoms with van der Waals surface area (Å²) in [6.07, 6.45) is 1.69. The lowest BCUT2D eigenvalue weighted by atomic mass is 10.1. The highest BCUT2D eigenvalue weighted by Gasteiger charge is 2.33. The Balaban J connectivity index is 1.44. The van der Waals surface area contributed by atoms with E-state index < -0.39 is 5.97 Å². The summed E-state index contributed by atoms with van der Waals surface area (Å²) in [5, 5.41) is 9.94. The minimum Gasteiger partial charge on any atom is -0.497 e. The van der Waals surface area contributed by atoms with Crippen LogP contribution in [0.1, 0.15) is 27.0 Å². The number of carbonyl (C=O) groups excluding carboxylic acids is 1. The molecule has 1 heterocycles. The molecule has 0 radical (unpaired) electrons. The van der Waals surface area contributed by atoms with Crippen molar-refractivity contribution in [3.63, 3.8) is 0 Å². The predicted octanol–water partition coefficient (Wildman–Crippen LogP) is 7.58. The Morgan fingerprint density at radius 3 is 2.41 bits per heavy atom. The lowest BCUT2D eigenvalue weighted by Gasteiger charge is -2.16. The molecule has 0 unspecified atom stereocenters. The number of carboxylic acid groups (broad SMARTS) is 1. The van der Waals surface area contributed by atoms with Crippen LogP contribution >= 0.6 is 23.4 Å². The highest BCUT2D eigenvalue weighted by Crippen LogP contribution is 2.40. The normalized spacial score (nSPS) is 14.7. The van der Waals surface area contributed by atoms with Crippen LogP contribution in [0.3, 0.4) is 0 Å². The molecule has 0 atom stereocenters. The summed E-state index contributed by atoms with van der Waals surface area (Å²) in [7, 11) is 3.05. The van der Waals surface area contributed by atoms with Crippen LogP contribution in [0.4, 0.5) is 10.1 Å². The van der Waals surface area contributed by atoms with Gasteiger partial charge in [-0.25, -0.2) is 14.2 Å². The van der Waals surface area contributed by atoms with Crippen LogP contribution in [0.25, 0.3) is 6.08 Å². The number of thioether (sulfide) groups is 1. The number of benzene rings is 4. The molecule has 0 bridgehead atoms. The van der Waals surface area contributed by atoms with E-state index in [2.05, 4.69) is 0 Å². The summed E-state index contributed by atoms with van der Waals surface area (Å²) < 4.78 is 30.2. The second-order valence-corrected chi connectivity index (χ2v) is 11.0. The Morgan fingerprint density at radius 2 is 1.75 bits per heavy atom. The first-order valence-corrected chi connectivity index (χ1v) is 14.4. The third-order valence-corrected chi connectivity index (χ3v) is 7.84. The van der Waals surface area contributed by atoms with Gasteiger partial charge in [-0.2, -0.15) is 0 Å². The van der Waals surface area contributed by atoms with Gasteiger partial charge in [0.1, 0.15) is 18.2 Å². The quantitative estimate of drug-likeness (QED) is 0.180. The van der Waals surface area contributed by atoms with Crippen LogP contribution in [0.2, 0.25) is 5.02 Å². The largest absolute Gasteiger partial charge is 0.497 e. The average Bonchev–Trinajstić information content (AvgIpc) is 3.29. The molecular weight excluding hydrogens is 607 g/mol. The summed E-state index contributed by atoms with van der Waals surface area (Å²) in [5.74, 6) is -0.375. The zero-order chi connectivity index (χ0) is 31.2. The first kappa shape index (κ1) is 30.7. The highest BCUT2D eigenvalue weighted by molar-refractivity contribution is 8.18. The third kappa shape index (κ3) is 7.21. The fourth-order valence-electron chi connectivity index (χ4n) is 4.33. The van der Waals surface area contributed by atoms with Gasteiger partial charge >= 0.3 is 5.97 Å². The van der Waals surface area contributed by atoms with Crippen LogP contribution in [0, 0.1) is 5.82 Å². The van der Waals surface area contributed by atoms with Crippen molar-refractivity contribution in [2.75, 3.05) is 14.2 Å². The van der Waals surface area contributed by atoms with Crippen molar-refractivity contribution in [1.29, 1.82) is 0 Å². The third-order valence-electron chi connectivity index (χ3n) is 6.55. The molecule has 8 nitrogen and oxygen atoms in total. The Kier molecular flexibility index (Phi) is 9.52. The number of methoxy groups -OCH3 is 2. The molecule has 224 valence electrons. The lowest BCUT2D eigenvalue weighted by Crippen LogP contribution is -2.28. The molecule has 0 saturated carbocycles. The minimum absolute atomic E-state index is 0.0796. The van der Waals surface area contributed by atoms with Gasteiger partial charge in [-0.3, -0.25) is 9.69 Å². The maximum absolute atomic E-state index is 13.7. The Hall–Kier alpha value is -4.80. The van der Waals surface area contributed by atoms with Crippen molar-refractivity contribution < 1.29 is 33.3 Å². The van der Waals surface area contributed by atoms with Crippen molar-refractivity contribution >= 4 is 52.2 Å². The summed E-state index contributed by atoms with van der Waals surface area (Å²) in [6.45, 7) is 0.255. The SMILES string of the molecule is COc1ccc(N=C2S/C(=C\c3cc(Cl)c(OCc4cccc(F)c4)c(OC)c3)C(=O)N2Cc2ccc(C(=O)O)cc2)cc1. The molecule has 11 heteroatoms. The number of aliphatic imine (C=N–C) groups is 1. The molecule has 1 amide bonds. The van der Waals surface area contributed by atoms with E-state index >= 15 is 0 Å². The van der Waals surface area contributed by atoms with Gasteiger partial charge in [-0.15, -0.1) is 0 Å². The van der Waals surface area contributed by atoms with Crippen molar-refractivity contribution in [2.24, 2.45) is 4.99 Å². The topological polar surface area (TPSA) is 97.7 Å². The highest BCUT2D eigenvalue weighted by atomic mass is 35.5. The molecule has 5 rings (SSSR count). The van der Waals surface area contributed by atoms with Gasteiger partial charge < -0.3 is 19.3 Å². The zero-order valence-electron chi connectivity index (χ0n) is 23.6.